The molecule has 0 aromatic carbocycles. The van der Waals surface area contributed by atoms with Gasteiger partial charge in [-0.15, -0.1) is 0 Å². The predicted molar refractivity (Wildman–Crippen MR) is 48.5 cm³/mol. The fraction of sp³-hybridized carbons (Fsp3) is 0.889. The molecule has 1 atom stereocenters. The minimum Gasteiger partial charge on any atom is -0.449 e. The first-order valence-electron chi connectivity index (χ1n) is 5.00. The van der Waals surface area contributed by atoms with Gasteiger partial charge in [0.2, 0.25) is 0 Å². The highest BCUT2D eigenvalue weighted by atomic mass is 16.5. The Labute approximate surface area is 78.0 Å². The zero-order chi connectivity index (χ0) is 9.10. The van der Waals surface area contributed by atoms with Crippen LogP contribution in [0, 0.1) is 5.92 Å². The van der Waals surface area contributed by atoms with Crippen LogP contribution in [0.25, 0.3) is 0 Å². The third kappa shape index (κ3) is 2.12. The molecule has 1 unspecified atom stereocenters. The lowest BCUT2D eigenvalue weighted by Crippen LogP contribution is -2.48. The van der Waals surface area contributed by atoms with Crippen molar-refractivity contribution in [1.82, 2.24) is 10.6 Å². The summed E-state index contributed by atoms with van der Waals surface area (Å²) < 4.78 is 4.83. The van der Waals surface area contributed by atoms with Gasteiger partial charge >= 0.3 is 6.09 Å². The largest absolute Gasteiger partial charge is 0.449 e. The Morgan fingerprint density at radius 2 is 2.00 bits per heavy atom. The zero-order valence-electron chi connectivity index (χ0n) is 7.71. The fourth-order valence-corrected chi connectivity index (χ4v) is 2.14. The van der Waals surface area contributed by atoms with Crippen LogP contribution in [-0.4, -0.2) is 31.8 Å². The van der Waals surface area contributed by atoms with Crippen molar-refractivity contribution in [3.05, 3.63) is 0 Å². The molecule has 13 heavy (non-hydrogen) atoms. The Morgan fingerprint density at radius 3 is 2.69 bits per heavy atom. The first-order valence-corrected chi connectivity index (χ1v) is 5.00. The standard InChI is InChI=1S/C9H16N2O2/c12-9-11-8(3-6-13-9)7-1-4-10-5-2-7/h7-8,10H,1-6H2,(H,11,12). The summed E-state index contributed by atoms with van der Waals surface area (Å²) in [6.07, 6.45) is 3.07. The lowest BCUT2D eigenvalue weighted by atomic mass is 9.88. The zero-order valence-corrected chi connectivity index (χ0v) is 7.71. The van der Waals surface area contributed by atoms with E-state index in [0.29, 0.717) is 18.6 Å². The Morgan fingerprint density at radius 1 is 1.23 bits per heavy atom. The number of nitrogens with one attached hydrogen (secondary N) is 2. The number of ether oxygens (including phenoxy) is 1. The van der Waals surface area contributed by atoms with Gasteiger partial charge in [0.25, 0.3) is 0 Å². The highest BCUT2D eigenvalue weighted by Crippen LogP contribution is 2.20. The minimum atomic E-state index is -0.241. The second kappa shape index (κ2) is 3.96. The number of alkyl carbamates (subject to hydrolysis) is 1. The quantitative estimate of drug-likeness (QED) is 0.623. The van der Waals surface area contributed by atoms with E-state index in [9.17, 15) is 4.79 Å². The van der Waals surface area contributed by atoms with Crippen LogP contribution >= 0.6 is 0 Å². The summed E-state index contributed by atoms with van der Waals surface area (Å²) >= 11 is 0. The van der Waals surface area contributed by atoms with Crippen LogP contribution in [0.2, 0.25) is 0 Å². The van der Waals surface area contributed by atoms with Crippen LogP contribution in [0.1, 0.15) is 19.3 Å². The van der Waals surface area contributed by atoms with Gasteiger partial charge in [-0.1, -0.05) is 0 Å². The van der Waals surface area contributed by atoms with E-state index in [-0.39, 0.29) is 6.09 Å². The van der Waals surface area contributed by atoms with Gasteiger partial charge in [-0.2, -0.15) is 0 Å². The lowest BCUT2D eigenvalue weighted by Gasteiger charge is -2.33. The number of piperidine rings is 1. The molecule has 74 valence electrons. The first-order chi connectivity index (χ1) is 6.36. The molecule has 2 N–H and O–H groups in total. The Kier molecular flexibility index (Phi) is 2.68. The summed E-state index contributed by atoms with van der Waals surface area (Å²) in [4.78, 5) is 11.0. The highest BCUT2D eigenvalue weighted by molar-refractivity contribution is 5.68. The maximum absolute atomic E-state index is 11.0. The van der Waals surface area contributed by atoms with Gasteiger partial charge in [0.05, 0.1) is 6.61 Å². The van der Waals surface area contributed by atoms with Crippen molar-refractivity contribution in [3.63, 3.8) is 0 Å². The number of cyclic esters (lactones) is 1. The van der Waals surface area contributed by atoms with Gasteiger partial charge in [-0.25, -0.2) is 4.79 Å². The molecular weight excluding hydrogens is 168 g/mol. The number of hydrogen-bond acceptors (Lipinski definition) is 3. The molecule has 1 amide bonds. The average Bonchev–Trinajstić information content (AvgIpc) is 2.19. The van der Waals surface area contributed by atoms with Crippen molar-refractivity contribution >= 4 is 6.09 Å². The third-order valence-corrected chi connectivity index (χ3v) is 2.92. The van der Waals surface area contributed by atoms with Crippen molar-refractivity contribution in [1.29, 1.82) is 0 Å². The molecule has 4 nitrogen and oxygen atoms in total. The van der Waals surface area contributed by atoms with Crippen molar-refractivity contribution in [2.24, 2.45) is 5.92 Å². The summed E-state index contributed by atoms with van der Waals surface area (Å²) in [5.74, 6) is 0.647. The van der Waals surface area contributed by atoms with E-state index < -0.39 is 0 Å². The van der Waals surface area contributed by atoms with E-state index in [1.807, 2.05) is 0 Å². The molecule has 2 aliphatic heterocycles. The Hall–Kier alpha value is -0.770. The van der Waals surface area contributed by atoms with Crippen molar-refractivity contribution in [2.45, 2.75) is 25.3 Å². The van der Waals surface area contributed by atoms with E-state index in [2.05, 4.69) is 10.6 Å². The molecule has 0 aromatic heterocycles. The number of amides is 1. The van der Waals surface area contributed by atoms with E-state index in [1.165, 1.54) is 12.8 Å². The van der Waals surface area contributed by atoms with E-state index >= 15 is 0 Å². The summed E-state index contributed by atoms with van der Waals surface area (Å²) in [5, 5.41) is 6.22. The van der Waals surface area contributed by atoms with Gasteiger partial charge in [0.1, 0.15) is 0 Å². The van der Waals surface area contributed by atoms with Crippen LogP contribution < -0.4 is 10.6 Å². The molecule has 4 heteroatoms. The van der Waals surface area contributed by atoms with E-state index in [0.717, 1.165) is 19.5 Å². The van der Waals surface area contributed by atoms with Gasteiger partial charge in [0, 0.05) is 12.5 Å². The molecular formula is C9H16N2O2. The average molecular weight is 184 g/mol. The van der Waals surface area contributed by atoms with Gasteiger partial charge < -0.3 is 15.4 Å². The van der Waals surface area contributed by atoms with Crippen LogP contribution in [0.3, 0.4) is 0 Å². The topological polar surface area (TPSA) is 50.4 Å². The highest BCUT2D eigenvalue weighted by Gasteiger charge is 2.28. The van der Waals surface area contributed by atoms with Crippen LogP contribution in [0.15, 0.2) is 0 Å². The summed E-state index contributed by atoms with van der Waals surface area (Å²) in [6, 6.07) is 0.350. The van der Waals surface area contributed by atoms with Crippen LogP contribution in [0.4, 0.5) is 4.79 Å². The van der Waals surface area contributed by atoms with Crippen molar-refractivity contribution < 1.29 is 9.53 Å². The summed E-state index contributed by atoms with van der Waals surface area (Å²) in [7, 11) is 0. The monoisotopic (exact) mass is 184 g/mol. The molecule has 0 bridgehead atoms. The predicted octanol–water partition coefficient (Wildman–Crippen LogP) is 0.484. The van der Waals surface area contributed by atoms with Crippen LogP contribution in [0.5, 0.6) is 0 Å². The molecule has 2 heterocycles. The molecule has 2 saturated heterocycles. The van der Waals surface area contributed by atoms with Gasteiger partial charge in [0.15, 0.2) is 0 Å². The number of carbonyl (C=O) groups excluding carboxylic acids is 1. The molecule has 2 fully saturated rings. The molecule has 2 rings (SSSR count). The number of rotatable bonds is 1. The second-order valence-electron chi connectivity index (χ2n) is 3.76. The molecule has 0 aromatic rings. The maximum atomic E-state index is 11.0. The second-order valence-corrected chi connectivity index (χ2v) is 3.76. The fourth-order valence-electron chi connectivity index (χ4n) is 2.14. The molecule has 0 saturated carbocycles. The van der Waals surface area contributed by atoms with E-state index in [4.69, 9.17) is 4.74 Å². The lowest BCUT2D eigenvalue weighted by molar-refractivity contribution is 0.0985. The Bertz CT molecular complexity index is 190. The smallest absolute Gasteiger partial charge is 0.407 e. The SMILES string of the molecule is O=C1NC(C2CCNCC2)CCO1. The van der Waals surface area contributed by atoms with Gasteiger partial charge in [-0.3, -0.25) is 0 Å². The van der Waals surface area contributed by atoms with Crippen LogP contribution in [-0.2, 0) is 4.74 Å². The molecule has 0 radical (unpaired) electrons. The molecule has 0 spiro atoms. The van der Waals surface area contributed by atoms with Gasteiger partial charge in [-0.05, 0) is 31.8 Å². The number of hydrogen-bond donors (Lipinski definition) is 2. The Balaban J connectivity index is 1.87. The first kappa shape index (κ1) is 8.81. The number of carbonyl (C=O) groups is 1. The molecule has 0 aliphatic carbocycles. The third-order valence-electron chi connectivity index (χ3n) is 2.92. The maximum Gasteiger partial charge on any atom is 0.407 e. The summed E-state index contributed by atoms with van der Waals surface area (Å²) in [5.41, 5.74) is 0. The minimum absolute atomic E-state index is 0.241. The molecule has 2 aliphatic rings. The van der Waals surface area contributed by atoms with Crippen molar-refractivity contribution in [2.75, 3.05) is 19.7 Å². The van der Waals surface area contributed by atoms with E-state index in [1.54, 1.807) is 0 Å². The van der Waals surface area contributed by atoms with Crippen molar-refractivity contribution in [3.8, 4) is 0 Å². The summed E-state index contributed by atoms with van der Waals surface area (Å²) in [6.45, 7) is 2.75. The normalized spacial score (nSPS) is 30.8.